The predicted molar refractivity (Wildman–Crippen MR) is 176 cm³/mol. The standard InChI is InChI=1S/C35H39N2O9P/c1-24-22-37(34(39)36-33(24)38)32-21-30(46-47-43-19-7-8-20-44-47)31(45-32)23-42-35(25-9-5-4-6-10-25,26-11-15-28(40-2)16-12-26)27-13-17-29(41-3)18-14-27/h4-6,9-18,22,30-32H,7-8,19-21,23H2,1-3H3,(H,36,38,39)/t30-,31+,32+/m0/s1. The number of H-pyrrole nitrogens is 1. The Labute approximate surface area is 274 Å². The van der Waals surface area contributed by atoms with Crippen LogP contribution in [0.2, 0.25) is 0 Å². The van der Waals surface area contributed by atoms with Crippen molar-refractivity contribution in [3.05, 3.63) is 128 Å². The molecule has 4 aromatic rings. The van der Waals surface area contributed by atoms with E-state index in [0.29, 0.717) is 36.7 Å². The fourth-order valence-corrected chi connectivity index (χ4v) is 7.10. The van der Waals surface area contributed by atoms with Gasteiger partial charge in [-0.1, -0.05) is 54.6 Å². The summed E-state index contributed by atoms with van der Waals surface area (Å²) in [6.07, 6.45) is 1.71. The van der Waals surface area contributed by atoms with Crippen LogP contribution in [-0.2, 0) is 28.6 Å². The molecule has 12 heteroatoms. The van der Waals surface area contributed by atoms with Crippen LogP contribution >= 0.6 is 8.60 Å². The molecule has 2 fully saturated rings. The highest BCUT2D eigenvalue weighted by atomic mass is 31.2. The fraction of sp³-hybridized carbons (Fsp3) is 0.371. The van der Waals surface area contributed by atoms with Gasteiger partial charge in [0.2, 0.25) is 0 Å². The van der Waals surface area contributed by atoms with E-state index in [1.54, 1.807) is 21.1 Å². The van der Waals surface area contributed by atoms with E-state index < -0.39 is 43.9 Å². The van der Waals surface area contributed by atoms with Crippen molar-refractivity contribution in [1.82, 2.24) is 9.55 Å². The van der Waals surface area contributed by atoms with E-state index in [9.17, 15) is 9.59 Å². The molecule has 0 aliphatic carbocycles. The van der Waals surface area contributed by atoms with Gasteiger partial charge in [-0.15, -0.1) is 0 Å². The van der Waals surface area contributed by atoms with Crippen molar-refractivity contribution >= 4 is 8.60 Å². The molecule has 0 saturated carbocycles. The Morgan fingerprint density at radius 2 is 1.43 bits per heavy atom. The van der Waals surface area contributed by atoms with Crippen LogP contribution in [0.3, 0.4) is 0 Å². The van der Waals surface area contributed by atoms with E-state index in [0.717, 1.165) is 29.5 Å². The second-order valence-electron chi connectivity index (χ2n) is 11.4. The van der Waals surface area contributed by atoms with Crippen LogP contribution < -0.4 is 20.7 Å². The number of hydrogen-bond acceptors (Lipinski definition) is 9. The number of aryl methyl sites for hydroxylation is 1. The van der Waals surface area contributed by atoms with Gasteiger partial charge in [-0.3, -0.25) is 14.3 Å². The molecule has 0 radical (unpaired) electrons. The highest BCUT2D eigenvalue weighted by molar-refractivity contribution is 7.41. The molecule has 2 aliphatic rings. The number of ether oxygens (including phenoxy) is 4. The lowest BCUT2D eigenvalue weighted by molar-refractivity contribution is -0.0929. The third-order valence-electron chi connectivity index (χ3n) is 8.43. The lowest BCUT2D eigenvalue weighted by Crippen LogP contribution is -2.38. The van der Waals surface area contributed by atoms with Crippen LogP contribution in [0.15, 0.2) is 94.6 Å². The first kappa shape index (κ1) is 33.1. The Bertz CT molecular complexity index is 1670. The molecule has 2 aliphatic heterocycles. The van der Waals surface area contributed by atoms with Crippen molar-refractivity contribution in [3.63, 3.8) is 0 Å². The number of aromatic nitrogens is 2. The maximum absolute atomic E-state index is 12.9. The largest absolute Gasteiger partial charge is 0.497 e. The molecule has 1 N–H and O–H groups in total. The van der Waals surface area contributed by atoms with Crippen LogP contribution in [0.1, 0.15) is 47.7 Å². The second-order valence-corrected chi connectivity index (χ2v) is 12.6. The van der Waals surface area contributed by atoms with Crippen LogP contribution in [0.4, 0.5) is 0 Å². The molecule has 248 valence electrons. The molecule has 3 aromatic carbocycles. The Balaban J connectivity index is 1.40. The summed E-state index contributed by atoms with van der Waals surface area (Å²) in [7, 11) is 1.63. The SMILES string of the molecule is COc1ccc(C(OC[C@H]2O[C@@H](n3cc(C)c(=O)[nH]c3=O)C[C@@H]2OP2OCCCCO2)(c2ccccc2)c2ccc(OC)cc2)cc1. The van der Waals surface area contributed by atoms with Crippen molar-refractivity contribution in [2.75, 3.05) is 34.0 Å². The highest BCUT2D eigenvalue weighted by Crippen LogP contribution is 2.48. The van der Waals surface area contributed by atoms with Crippen LogP contribution in [0.5, 0.6) is 11.5 Å². The molecule has 0 unspecified atom stereocenters. The van der Waals surface area contributed by atoms with Gasteiger partial charge in [0.15, 0.2) is 0 Å². The third-order valence-corrected chi connectivity index (χ3v) is 9.66. The Morgan fingerprint density at radius 1 is 0.851 bits per heavy atom. The molecule has 1 aromatic heterocycles. The van der Waals surface area contributed by atoms with Crippen LogP contribution in [0.25, 0.3) is 0 Å². The van der Waals surface area contributed by atoms with Crippen molar-refractivity contribution in [2.24, 2.45) is 0 Å². The van der Waals surface area contributed by atoms with E-state index in [-0.39, 0.29) is 6.61 Å². The van der Waals surface area contributed by atoms with Crippen molar-refractivity contribution < 1.29 is 32.5 Å². The van der Waals surface area contributed by atoms with Crippen molar-refractivity contribution in [2.45, 2.75) is 50.2 Å². The summed E-state index contributed by atoms with van der Waals surface area (Å²) in [5.74, 6) is 1.43. The summed E-state index contributed by atoms with van der Waals surface area (Å²) >= 11 is 0. The molecule has 3 heterocycles. The zero-order valence-electron chi connectivity index (χ0n) is 26.6. The quantitative estimate of drug-likeness (QED) is 0.162. The monoisotopic (exact) mass is 662 g/mol. The summed E-state index contributed by atoms with van der Waals surface area (Å²) in [5, 5.41) is 0. The number of rotatable bonds is 11. The van der Waals surface area contributed by atoms with Gasteiger partial charge >= 0.3 is 14.3 Å². The summed E-state index contributed by atoms with van der Waals surface area (Å²) in [4.78, 5) is 27.4. The molecule has 0 amide bonds. The first-order valence-electron chi connectivity index (χ1n) is 15.6. The lowest BCUT2D eigenvalue weighted by Gasteiger charge is -2.37. The van der Waals surface area contributed by atoms with Gasteiger partial charge in [0.05, 0.1) is 40.1 Å². The molecule has 2 saturated heterocycles. The van der Waals surface area contributed by atoms with Crippen LogP contribution in [0, 0.1) is 6.92 Å². The normalized spacial score (nSPS) is 20.5. The minimum absolute atomic E-state index is 0.0778. The van der Waals surface area contributed by atoms with E-state index in [4.69, 9.17) is 32.5 Å². The highest BCUT2D eigenvalue weighted by Gasteiger charge is 2.44. The summed E-state index contributed by atoms with van der Waals surface area (Å²) in [5.41, 5.74) is 0.948. The minimum atomic E-state index is -1.63. The van der Waals surface area contributed by atoms with E-state index >= 15 is 0 Å². The average molecular weight is 663 g/mol. The van der Waals surface area contributed by atoms with Crippen LogP contribution in [-0.4, -0.2) is 55.8 Å². The molecule has 6 rings (SSSR count). The predicted octanol–water partition coefficient (Wildman–Crippen LogP) is 5.60. The molecule has 0 spiro atoms. The molecular formula is C35H39N2O9P. The second kappa shape index (κ2) is 14.9. The Kier molecular flexibility index (Phi) is 10.5. The number of nitrogens with one attached hydrogen (secondary N) is 1. The fourth-order valence-electron chi connectivity index (χ4n) is 5.90. The molecule has 0 bridgehead atoms. The van der Waals surface area contributed by atoms with Gasteiger partial charge < -0.3 is 32.5 Å². The summed E-state index contributed by atoms with van der Waals surface area (Å²) < 4.78 is 44.2. The van der Waals surface area contributed by atoms with Gasteiger partial charge in [-0.2, -0.15) is 0 Å². The Hall–Kier alpha value is -3.83. The van der Waals surface area contributed by atoms with Gasteiger partial charge in [-0.05, 0) is 60.7 Å². The maximum Gasteiger partial charge on any atom is 0.333 e. The smallest absolute Gasteiger partial charge is 0.333 e. The number of benzene rings is 3. The van der Waals surface area contributed by atoms with Gasteiger partial charge in [-0.25, -0.2) is 4.79 Å². The lowest BCUT2D eigenvalue weighted by atomic mass is 9.80. The van der Waals surface area contributed by atoms with Crippen molar-refractivity contribution in [3.8, 4) is 11.5 Å². The zero-order valence-corrected chi connectivity index (χ0v) is 27.5. The van der Waals surface area contributed by atoms with Gasteiger partial charge in [0.25, 0.3) is 5.56 Å². The molecule has 3 atom stereocenters. The number of aromatic amines is 1. The molecule has 11 nitrogen and oxygen atoms in total. The number of methoxy groups -OCH3 is 2. The van der Waals surface area contributed by atoms with Gasteiger partial charge in [0.1, 0.15) is 29.4 Å². The topological polar surface area (TPSA) is 119 Å². The first-order valence-corrected chi connectivity index (χ1v) is 16.7. The molecular weight excluding hydrogens is 623 g/mol. The average Bonchev–Trinajstić information content (AvgIpc) is 3.31. The third kappa shape index (κ3) is 7.21. The van der Waals surface area contributed by atoms with E-state index in [1.165, 1.54) is 10.8 Å². The van der Waals surface area contributed by atoms with Crippen molar-refractivity contribution in [1.29, 1.82) is 0 Å². The maximum atomic E-state index is 12.9. The minimum Gasteiger partial charge on any atom is -0.497 e. The summed E-state index contributed by atoms with van der Waals surface area (Å²) in [6, 6.07) is 25.5. The molecule has 47 heavy (non-hydrogen) atoms. The number of hydrogen-bond donors (Lipinski definition) is 1. The zero-order chi connectivity index (χ0) is 32.8. The van der Waals surface area contributed by atoms with E-state index in [1.807, 2.05) is 78.9 Å². The Morgan fingerprint density at radius 3 is 2.00 bits per heavy atom. The first-order chi connectivity index (χ1) is 22.9. The van der Waals surface area contributed by atoms with E-state index in [2.05, 4.69) is 4.98 Å². The number of nitrogens with zero attached hydrogens (tertiary/aromatic N) is 1. The van der Waals surface area contributed by atoms with Gasteiger partial charge in [0, 0.05) is 18.2 Å². The summed E-state index contributed by atoms with van der Waals surface area (Å²) in [6.45, 7) is 2.80.